The third-order valence-electron chi connectivity index (χ3n) is 5.69. The molecule has 136 valence electrons. The molecule has 2 aliphatic carbocycles. The minimum Gasteiger partial charge on any atom is -0.503 e. The Labute approximate surface area is 151 Å². The highest BCUT2D eigenvalue weighted by Crippen LogP contribution is 2.41. The van der Waals surface area contributed by atoms with Gasteiger partial charge in [-0.1, -0.05) is 25.0 Å². The zero-order valence-electron chi connectivity index (χ0n) is 14.5. The van der Waals surface area contributed by atoms with Crippen LogP contribution in [0.25, 0.3) is 6.08 Å². The molecule has 0 atom stereocenters. The Morgan fingerprint density at radius 3 is 2.73 bits per heavy atom. The molecule has 6 nitrogen and oxygen atoms in total. The minimum absolute atomic E-state index is 0.157. The molecule has 2 aromatic rings. The predicted molar refractivity (Wildman–Crippen MR) is 97.6 cm³/mol. The fourth-order valence-electron chi connectivity index (χ4n) is 4.48. The molecule has 0 saturated heterocycles. The van der Waals surface area contributed by atoms with Crippen molar-refractivity contribution in [2.75, 3.05) is 0 Å². The average molecular weight is 354 g/mol. The SMILES string of the molecule is O=C(O)c1cn(CC2(n3ccc4c3CCC=C4)CCCC2)cc(O)c1=O. The molecular weight excluding hydrogens is 332 g/mol. The molecule has 0 unspecified atom stereocenters. The smallest absolute Gasteiger partial charge is 0.341 e. The highest BCUT2D eigenvalue weighted by atomic mass is 16.4. The Bertz CT molecular complexity index is 945. The maximum Gasteiger partial charge on any atom is 0.341 e. The quantitative estimate of drug-likeness (QED) is 0.884. The van der Waals surface area contributed by atoms with E-state index in [1.807, 2.05) is 0 Å². The molecule has 1 saturated carbocycles. The van der Waals surface area contributed by atoms with Gasteiger partial charge < -0.3 is 19.3 Å². The first-order valence-electron chi connectivity index (χ1n) is 9.04. The zero-order valence-corrected chi connectivity index (χ0v) is 14.5. The lowest BCUT2D eigenvalue weighted by Gasteiger charge is -2.35. The van der Waals surface area contributed by atoms with E-state index in [4.69, 9.17) is 0 Å². The topological polar surface area (TPSA) is 84.5 Å². The predicted octanol–water partition coefficient (Wildman–Crippen LogP) is 2.98. The van der Waals surface area contributed by atoms with Crippen molar-refractivity contribution in [1.29, 1.82) is 0 Å². The Morgan fingerprint density at radius 1 is 1.23 bits per heavy atom. The van der Waals surface area contributed by atoms with Crippen molar-refractivity contribution in [3.05, 3.63) is 57.8 Å². The molecule has 2 aromatic heterocycles. The van der Waals surface area contributed by atoms with Crippen LogP contribution in [-0.2, 0) is 18.5 Å². The third kappa shape index (κ3) is 2.66. The van der Waals surface area contributed by atoms with E-state index in [2.05, 4.69) is 29.0 Å². The number of nitrogens with zero attached hydrogens (tertiary/aromatic N) is 2. The first kappa shape index (κ1) is 16.7. The first-order chi connectivity index (χ1) is 12.5. The summed E-state index contributed by atoms with van der Waals surface area (Å²) in [7, 11) is 0. The molecule has 0 radical (unpaired) electrons. The molecule has 0 spiro atoms. The number of fused-ring (bicyclic) bond motifs is 1. The molecule has 2 N–H and O–H groups in total. The summed E-state index contributed by atoms with van der Waals surface area (Å²) >= 11 is 0. The Kier molecular flexibility index (Phi) is 3.98. The fraction of sp³-hybridized carbons (Fsp3) is 0.400. The second kappa shape index (κ2) is 6.20. The summed E-state index contributed by atoms with van der Waals surface area (Å²) < 4.78 is 4.02. The van der Waals surface area contributed by atoms with Crippen molar-refractivity contribution >= 4 is 12.0 Å². The van der Waals surface area contributed by atoms with Gasteiger partial charge >= 0.3 is 5.97 Å². The first-order valence-corrected chi connectivity index (χ1v) is 9.04. The van der Waals surface area contributed by atoms with Gasteiger partial charge in [-0.3, -0.25) is 4.79 Å². The molecule has 1 fully saturated rings. The summed E-state index contributed by atoms with van der Waals surface area (Å²) in [4.78, 5) is 23.2. The summed E-state index contributed by atoms with van der Waals surface area (Å²) in [6.45, 7) is 0.534. The maximum absolute atomic E-state index is 11.8. The van der Waals surface area contributed by atoms with Crippen LogP contribution in [0.15, 0.2) is 35.5 Å². The van der Waals surface area contributed by atoms with Gasteiger partial charge in [-0.15, -0.1) is 0 Å². The van der Waals surface area contributed by atoms with E-state index in [0.29, 0.717) is 6.54 Å². The van der Waals surface area contributed by atoms with E-state index in [1.165, 1.54) is 23.7 Å². The standard InChI is InChI=1S/C20H22N2O4/c23-17-12-21(11-15(18(17)24)19(25)26)13-20(8-3-4-9-20)22-10-7-14-5-1-2-6-16(14)22/h1,5,7,10-12,23H,2-4,6,8-9,13H2,(H,25,26). The van der Waals surface area contributed by atoms with E-state index < -0.39 is 22.7 Å². The monoisotopic (exact) mass is 354 g/mol. The van der Waals surface area contributed by atoms with Gasteiger partial charge in [0.15, 0.2) is 5.75 Å². The Hall–Kier alpha value is -2.76. The highest BCUT2D eigenvalue weighted by molar-refractivity contribution is 5.87. The van der Waals surface area contributed by atoms with Crippen LogP contribution in [0, 0.1) is 0 Å². The van der Waals surface area contributed by atoms with Crippen molar-refractivity contribution in [3.63, 3.8) is 0 Å². The van der Waals surface area contributed by atoms with E-state index >= 15 is 0 Å². The number of carboxylic acid groups (broad SMARTS) is 1. The van der Waals surface area contributed by atoms with E-state index in [9.17, 15) is 19.8 Å². The van der Waals surface area contributed by atoms with Crippen LogP contribution in [-0.4, -0.2) is 25.3 Å². The van der Waals surface area contributed by atoms with Gasteiger partial charge in [-0.25, -0.2) is 4.79 Å². The number of allylic oxidation sites excluding steroid dienone is 1. The minimum atomic E-state index is -1.32. The second-order valence-corrected chi connectivity index (χ2v) is 7.32. The van der Waals surface area contributed by atoms with Gasteiger partial charge in [0.2, 0.25) is 5.43 Å². The van der Waals surface area contributed by atoms with Gasteiger partial charge in [0.25, 0.3) is 0 Å². The highest BCUT2D eigenvalue weighted by Gasteiger charge is 2.37. The van der Waals surface area contributed by atoms with Crippen LogP contribution < -0.4 is 5.43 Å². The van der Waals surface area contributed by atoms with Crippen LogP contribution in [0.2, 0.25) is 0 Å². The molecule has 2 heterocycles. The van der Waals surface area contributed by atoms with Crippen molar-refractivity contribution in [1.82, 2.24) is 9.13 Å². The van der Waals surface area contributed by atoms with Crippen molar-refractivity contribution in [2.24, 2.45) is 0 Å². The normalized spacial score (nSPS) is 18.0. The maximum atomic E-state index is 11.8. The molecule has 2 aliphatic rings. The van der Waals surface area contributed by atoms with Crippen molar-refractivity contribution in [3.8, 4) is 5.75 Å². The van der Waals surface area contributed by atoms with E-state index in [1.54, 1.807) is 4.57 Å². The number of aromatic nitrogens is 2. The number of aromatic hydroxyl groups is 1. The summed E-state index contributed by atoms with van der Waals surface area (Å²) in [5.41, 5.74) is 1.18. The fourth-order valence-corrected chi connectivity index (χ4v) is 4.48. The van der Waals surface area contributed by atoms with Crippen LogP contribution in [0.4, 0.5) is 0 Å². The summed E-state index contributed by atoms with van der Waals surface area (Å²) in [6, 6.07) is 2.14. The lowest BCUT2D eigenvalue weighted by Crippen LogP contribution is -2.37. The van der Waals surface area contributed by atoms with Crippen LogP contribution in [0.5, 0.6) is 5.75 Å². The molecule has 0 aliphatic heterocycles. The number of pyridine rings is 1. The van der Waals surface area contributed by atoms with Gasteiger partial charge in [0, 0.05) is 30.8 Å². The summed E-state index contributed by atoms with van der Waals surface area (Å²) in [6.07, 6.45) is 15.4. The number of hydrogen-bond donors (Lipinski definition) is 2. The van der Waals surface area contributed by atoms with Gasteiger partial charge in [0.1, 0.15) is 5.56 Å². The largest absolute Gasteiger partial charge is 0.503 e. The van der Waals surface area contributed by atoms with Crippen molar-refractivity contribution < 1.29 is 15.0 Å². The summed E-state index contributed by atoms with van der Waals surface area (Å²) in [5, 5.41) is 19.1. The lowest BCUT2D eigenvalue weighted by atomic mass is 9.94. The van der Waals surface area contributed by atoms with Crippen LogP contribution in [0.3, 0.4) is 0 Å². The molecule has 0 bridgehead atoms. The second-order valence-electron chi connectivity index (χ2n) is 7.32. The van der Waals surface area contributed by atoms with Crippen LogP contribution >= 0.6 is 0 Å². The average Bonchev–Trinajstić information content (AvgIpc) is 3.25. The summed E-state index contributed by atoms with van der Waals surface area (Å²) in [5.74, 6) is -1.83. The van der Waals surface area contributed by atoms with Crippen LogP contribution in [0.1, 0.15) is 53.7 Å². The molecule has 6 heteroatoms. The molecular formula is C20H22N2O4. The lowest BCUT2D eigenvalue weighted by molar-refractivity contribution is 0.0693. The Morgan fingerprint density at radius 2 is 2.00 bits per heavy atom. The van der Waals surface area contributed by atoms with Crippen molar-refractivity contribution in [2.45, 2.75) is 50.6 Å². The molecule has 0 amide bonds. The van der Waals surface area contributed by atoms with Gasteiger partial charge in [-0.2, -0.15) is 0 Å². The number of hydrogen-bond acceptors (Lipinski definition) is 3. The third-order valence-corrected chi connectivity index (χ3v) is 5.69. The number of carboxylic acids is 1. The molecule has 0 aromatic carbocycles. The van der Waals surface area contributed by atoms with Gasteiger partial charge in [-0.05, 0) is 37.3 Å². The molecule has 26 heavy (non-hydrogen) atoms. The van der Waals surface area contributed by atoms with E-state index in [0.717, 1.165) is 38.5 Å². The number of aromatic carboxylic acids is 1. The number of carbonyl (C=O) groups is 1. The number of rotatable bonds is 4. The zero-order chi connectivity index (χ0) is 18.3. The Balaban J connectivity index is 1.77. The molecule has 4 rings (SSSR count). The van der Waals surface area contributed by atoms with Gasteiger partial charge in [0.05, 0.1) is 5.54 Å². The van der Waals surface area contributed by atoms with E-state index in [-0.39, 0.29) is 5.54 Å².